The highest BCUT2D eigenvalue weighted by Gasteiger charge is 2.14. The van der Waals surface area contributed by atoms with Gasteiger partial charge in [0, 0.05) is 16.9 Å². The molecule has 0 atom stereocenters. The van der Waals surface area contributed by atoms with Gasteiger partial charge in [-0.2, -0.15) is 0 Å². The highest BCUT2D eigenvalue weighted by molar-refractivity contribution is 7.92. The molecular weight excluding hydrogens is 348 g/mol. The second-order valence-electron chi connectivity index (χ2n) is 5.82. The van der Waals surface area contributed by atoms with Crippen LogP contribution in [-0.2, 0) is 10.0 Å². The van der Waals surface area contributed by atoms with Gasteiger partial charge in [0.2, 0.25) is 0 Å². The maximum atomic E-state index is 12.4. The summed E-state index contributed by atoms with van der Waals surface area (Å²) in [6.45, 7) is 1.94. The summed E-state index contributed by atoms with van der Waals surface area (Å²) in [5, 5.41) is 2.80. The van der Waals surface area contributed by atoms with Crippen LogP contribution in [0.2, 0.25) is 0 Å². The van der Waals surface area contributed by atoms with Gasteiger partial charge in [-0.1, -0.05) is 36.4 Å². The molecule has 0 fully saturated rings. The van der Waals surface area contributed by atoms with Crippen molar-refractivity contribution in [2.75, 3.05) is 10.0 Å². The zero-order valence-electron chi connectivity index (χ0n) is 14.1. The van der Waals surface area contributed by atoms with Gasteiger partial charge in [-0.15, -0.1) is 0 Å². The molecule has 0 saturated carbocycles. The lowest BCUT2D eigenvalue weighted by Gasteiger charge is -2.10. The Morgan fingerprint density at radius 3 is 2.23 bits per heavy atom. The van der Waals surface area contributed by atoms with Gasteiger partial charge < -0.3 is 5.32 Å². The fourth-order valence-electron chi connectivity index (χ4n) is 2.46. The minimum atomic E-state index is -3.70. The van der Waals surface area contributed by atoms with Gasteiger partial charge in [-0.3, -0.25) is 9.52 Å². The highest BCUT2D eigenvalue weighted by atomic mass is 32.2. The van der Waals surface area contributed by atoms with Crippen molar-refractivity contribution in [2.45, 2.75) is 11.8 Å². The van der Waals surface area contributed by atoms with Crippen molar-refractivity contribution in [2.24, 2.45) is 0 Å². The Bertz CT molecular complexity index is 1030. The molecule has 0 aliphatic carbocycles. The monoisotopic (exact) mass is 366 g/mol. The average molecular weight is 366 g/mol. The third-order valence-electron chi connectivity index (χ3n) is 3.71. The molecule has 5 nitrogen and oxygen atoms in total. The molecule has 1 amide bonds. The van der Waals surface area contributed by atoms with Crippen LogP contribution < -0.4 is 10.0 Å². The van der Waals surface area contributed by atoms with Gasteiger partial charge in [0.05, 0.1) is 4.90 Å². The number of rotatable bonds is 5. The number of anilines is 2. The van der Waals surface area contributed by atoms with E-state index in [0.29, 0.717) is 16.9 Å². The summed E-state index contributed by atoms with van der Waals surface area (Å²) in [7, 11) is -3.70. The van der Waals surface area contributed by atoms with Crippen LogP contribution >= 0.6 is 0 Å². The first kappa shape index (κ1) is 17.7. The standard InChI is InChI=1S/C20H18N2O3S/c1-15-7-5-9-17(13-15)21-20(23)16-8-6-10-18(14-16)22-26(24,25)19-11-3-2-4-12-19/h2-14,22H,1H3,(H,21,23). The number of hydrogen-bond donors (Lipinski definition) is 2. The lowest BCUT2D eigenvalue weighted by molar-refractivity contribution is 0.102. The van der Waals surface area contributed by atoms with E-state index in [9.17, 15) is 13.2 Å². The van der Waals surface area contributed by atoms with Gasteiger partial charge in [0.15, 0.2) is 0 Å². The number of hydrogen-bond acceptors (Lipinski definition) is 3. The maximum absolute atomic E-state index is 12.4. The number of aryl methyl sites for hydroxylation is 1. The molecule has 0 heterocycles. The first-order valence-corrected chi connectivity index (χ1v) is 9.48. The molecule has 132 valence electrons. The molecule has 3 rings (SSSR count). The summed E-state index contributed by atoms with van der Waals surface area (Å²) in [6, 6.07) is 21.9. The predicted molar refractivity (Wildman–Crippen MR) is 103 cm³/mol. The summed E-state index contributed by atoms with van der Waals surface area (Å²) in [4.78, 5) is 12.6. The average Bonchev–Trinajstić information content (AvgIpc) is 2.62. The number of benzene rings is 3. The van der Waals surface area contributed by atoms with Crippen molar-refractivity contribution < 1.29 is 13.2 Å². The molecule has 0 aliphatic heterocycles. The molecule has 2 N–H and O–H groups in total. The van der Waals surface area contributed by atoms with E-state index in [1.807, 2.05) is 25.1 Å². The van der Waals surface area contributed by atoms with E-state index < -0.39 is 10.0 Å². The molecule has 0 aliphatic rings. The Morgan fingerprint density at radius 1 is 0.808 bits per heavy atom. The Morgan fingerprint density at radius 2 is 1.50 bits per heavy atom. The van der Waals surface area contributed by atoms with E-state index in [-0.39, 0.29) is 10.8 Å². The highest BCUT2D eigenvalue weighted by Crippen LogP contribution is 2.18. The molecule has 26 heavy (non-hydrogen) atoms. The molecule has 0 bridgehead atoms. The van der Waals surface area contributed by atoms with Gasteiger partial charge in [0.1, 0.15) is 0 Å². The van der Waals surface area contributed by atoms with Crippen LogP contribution in [0.15, 0.2) is 83.8 Å². The van der Waals surface area contributed by atoms with Crippen LogP contribution in [0.3, 0.4) is 0 Å². The Balaban J connectivity index is 1.79. The Hall–Kier alpha value is -3.12. The van der Waals surface area contributed by atoms with E-state index in [0.717, 1.165) is 5.56 Å². The molecule has 0 radical (unpaired) electrons. The molecule has 0 spiro atoms. The smallest absolute Gasteiger partial charge is 0.261 e. The number of sulfonamides is 1. The molecule has 0 saturated heterocycles. The summed E-state index contributed by atoms with van der Waals surface area (Å²) >= 11 is 0. The van der Waals surface area contributed by atoms with Crippen LogP contribution in [0.1, 0.15) is 15.9 Å². The topological polar surface area (TPSA) is 75.3 Å². The van der Waals surface area contributed by atoms with Crippen LogP contribution in [0, 0.1) is 6.92 Å². The fraction of sp³-hybridized carbons (Fsp3) is 0.0500. The summed E-state index contributed by atoms with van der Waals surface area (Å²) in [5.74, 6) is -0.309. The quantitative estimate of drug-likeness (QED) is 0.715. The predicted octanol–water partition coefficient (Wildman–Crippen LogP) is 4.05. The summed E-state index contributed by atoms with van der Waals surface area (Å²) < 4.78 is 27.3. The minimum Gasteiger partial charge on any atom is -0.322 e. The van der Waals surface area contributed by atoms with Crippen molar-refractivity contribution in [3.8, 4) is 0 Å². The van der Waals surface area contributed by atoms with Crippen LogP contribution in [-0.4, -0.2) is 14.3 Å². The van der Waals surface area contributed by atoms with Gasteiger partial charge >= 0.3 is 0 Å². The zero-order chi connectivity index (χ0) is 18.6. The van der Waals surface area contributed by atoms with Crippen molar-refractivity contribution in [3.05, 3.63) is 90.0 Å². The molecule has 3 aromatic carbocycles. The first-order valence-electron chi connectivity index (χ1n) is 8.00. The van der Waals surface area contributed by atoms with E-state index in [2.05, 4.69) is 10.0 Å². The molecule has 0 unspecified atom stereocenters. The van der Waals surface area contributed by atoms with Crippen LogP contribution in [0.25, 0.3) is 0 Å². The largest absolute Gasteiger partial charge is 0.322 e. The third-order valence-corrected chi connectivity index (χ3v) is 5.10. The van der Waals surface area contributed by atoms with Gasteiger partial charge in [-0.25, -0.2) is 8.42 Å². The van der Waals surface area contributed by atoms with Crippen LogP contribution in [0.5, 0.6) is 0 Å². The molecular formula is C20H18N2O3S. The lowest BCUT2D eigenvalue weighted by Crippen LogP contribution is -2.15. The van der Waals surface area contributed by atoms with E-state index in [1.165, 1.54) is 18.2 Å². The second-order valence-corrected chi connectivity index (χ2v) is 7.51. The van der Waals surface area contributed by atoms with E-state index in [1.54, 1.807) is 42.5 Å². The molecule has 0 aromatic heterocycles. The summed E-state index contributed by atoms with van der Waals surface area (Å²) in [5.41, 5.74) is 2.41. The number of carbonyl (C=O) groups is 1. The molecule has 3 aromatic rings. The second kappa shape index (κ2) is 7.41. The minimum absolute atomic E-state index is 0.162. The summed E-state index contributed by atoms with van der Waals surface area (Å²) in [6.07, 6.45) is 0. The van der Waals surface area contributed by atoms with Crippen molar-refractivity contribution in [1.29, 1.82) is 0 Å². The van der Waals surface area contributed by atoms with E-state index >= 15 is 0 Å². The Kier molecular flexibility index (Phi) is 5.04. The van der Waals surface area contributed by atoms with Gasteiger partial charge in [0.25, 0.3) is 15.9 Å². The van der Waals surface area contributed by atoms with Crippen molar-refractivity contribution >= 4 is 27.3 Å². The SMILES string of the molecule is Cc1cccc(NC(=O)c2cccc(NS(=O)(=O)c3ccccc3)c2)c1. The zero-order valence-corrected chi connectivity index (χ0v) is 15.0. The third kappa shape index (κ3) is 4.29. The van der Waals surface area contributed by atoms with Crippen LogP contribution in [0.4, 0.5) is 11.4 Å². The fourth-order valence-corrected chi connectivity index (χ4v) is 3.53. The maximum Gasteiger partial charge on any atom is 0.261 e. The van der Waals surface area contributed by atoms with Crippen molar-refractivity contribution in [1.82, 2.24) is 0 Å². The Labute approximate surface area is 152 Å². The van der Waals surface area contributed by atoms with Crippen molar-refractivity contribution in [3.63, 3.8) is 0 Å². The van der Waals surface area contributed by atoms with E-state index in [4.69, 9.17) is 0 Å². The first-order chi connectivity index (χ1) is 12.4. The number of nitrogens with one attached hydrogen (secondary N) is 2. The lowest BCUT2D eigenvalue weighted by atomic mass is 10.1. The molecule has 6 heteroatoms. The number of amides is 1. The number of carbonyl (C=O) groups excluding carboxylic acids is 1. The van der Waals surface area contributed by atoms with Gasteiger partial charge in [-0.05, 0) is 55.0 Å². The normalized spacial score (nSPS) is 11.0.